The third-order valence-electron chi connectivity index (χ3n) is 4.53. The van der Waals surface area contributed by atoms with Gasteiger partial charge in [-0.25, -0.2) is 0 Å². The van der Waals surface area contributed by atoms with Gasteiger partial charge in [0.1, 0.15) is 0 Å². The Hall–Kier alpha value is -2.11. The molecule has 0 spiro atoms. The highest BCUT2D eigenvalue weighted by Crippen LogP contribution is 2.36. The van der Waals surface area contributed by atoms with Gasteiger partial charge in [-0.3, -0.25) is 0 Å². The second kappa shape index (κ2) is 8.66. The SMILES string of the molecule is CCCNCCC(C#N)(CC=C(C)C)c1cccc2ccccc12. The molecule has 0 heterocycles. The minimum atomic E-state index is -0.487. The van der Waals surface area contributed by atoms with E-state index in [4.69, 9.17) is 0 Å². The van der Waals surface area contributed by atoms with Gasteiger partial charge in [-0.15, -0.1) is 0 Å². The summed E-state index contributed by atoms with van der Waals surface area (Å²) in [6.45, 7) is 8.22. The zero-order valence-corrected chi connectivity index (χ0v) is 15.1. The Labute approximate surface area is 146 Å². The first-order valence-corrected chi connectivity index (χ1v) is 8.86. The molecule has 1 unspecified atom stereocenters. The molecule has 0 amide bonds. The van der Waals surface area contributed by atoms with Gasteiger partial charge in [0.2, 0.25) is 0 Å². The number of fused-ring (bicyclic) bond motifs is 1. The van der Waals surface area contributed by atoms with Crippen LogP contribution in [-0.2, 0) is 5.41 Å². The lowest BCUT2D eigenvalue weighted by atomic mass is 9.74. The molecular weight excluding hydrogens is 292 g/mol. The number of rotatable bonds is 8. The van der Waals surface area contributed by atoms with Crippen molar-refractivity contribution in [3.05, 3.63) is 59.7 Å². The summed E-state index contributed by atoms with van der Waals surface area (Å²) in [6, 6.07) is 17.4. The van der Waals surface area contributed by atoms with Gasteiger partial charge >= 0.3 is 0 Å². The highest BCUT2D eigenvalue weighted by atomic mass is 14.8. The smallest absolute Gasteiger partial charge is 0.0874 e. The van der Waals surface area contributed by atoms with Crippen molar-refractivity contribution in [3.63, 3.8) is 0 Å². The quantitative estimate of drug-likeness (QED) is 0.526. The predicted molar refractivity (Wildman–Crippen MR) is 103 cm³/mol. The minimum absolute atomic E-state index is 0.487. The standard InChI is InChI=1S/C22H28N2/c1-4-15-24-16-14-22(17-23,13-12-18(2)3)21-11-7-9-19-8-5-6-10-20(19)21/h5-12,24H,4,13-16H2,1-3H3. The van der Waals surface area contributed by atoms with Crippen molar-refractivity contribution in [1.29, 1.82) is 5.26 Å². The molecule has 0 aliphatic carbocycles. The van der Waals surface area contributed by atoms with Crippen molar-refractivity contribution < 1.29 is 0 Å². The highest BCUT2D eigenvalue weighted by molar-refractivity contribution is 5.87. The molecule has 2 aromatic rings. The Morgan fingerprint density at radius 2 is 1.88 bits per heavy atom. The zero-order chi connectivity index (χ0) is 17.4. The predicted octanol–water partition coefficient (Wildman–Crippen LogP) is 5.35. The molecule has 24 heavy (non-hydrogen) atoms. The van der Waals surface area contributed by atoms with E-state index in [1.165, 1.54) is 16.3 Å². The number of hydrogen-bond acceptors (Lipinski definition) is 2. The molecule has 2 heteroatoms. The number of nitriles is 1. The molecule has 2 aromatic carbocycles. The molecule has 126 valence electrons. The summed E-state index contributed by atoms with van der Waals surface area (Å²) >= 11 is 0. The summed E-state index contributed by atoms with van der Waals surface area (Å²) in [4.78, 5) is 0. The fourth-order valence-corrected chi connectivity index (χ4v) is 3.13. The van der Waals surface area contributed by atoms with E-state index in [1.54, 1.807) is 0 Å². The third-order valence-corrected chi connectivity index (χ3v) is 4.53. The van der Waals surface area contributed by atoms with Crippen LogP contribution >= 0.6 is 0 Å². The van der Waals surface area contributed by atoms with E-state index < -0.39 is 5.41 Å². The summed E-state index contributed by atoms with van der Waals surface area (Å²) in [5.41, 5.74) is 1.93. The van der Waals surface area contributed by atoms with E-state index in [9.17, 15) is 5.26 Å². The first kappa shape index (κ1) is 18.2. The van der Waals surface area contributed by atoms with Gasteiger partial charge in [0.25, 0.3) is 0 Å². The van der Waals surface area contributed by atoms with Gasteiger partial charge in [0.05, 0.1) is 11.5 Å². The molecule has 2 nitrogen and oxygen atoms in total. The number of hydrogen-bond donors (Lipinski definition) is 1. The van der Waals surface area contributed by atoms with Crippen LogP contribution < -0.4 is 5.32 Å². The van der Waals surface area contributed by atoms with Crippen LogP contribution in [0.5, 0.6) is 0 Å². The Morgan fingerprint density at radius 3 is 2.58 bits per heavy atom. The number of benzene rings is 2. The van der Waals surface area contributed by atoms with Crippen LogP contribution in [0.1, 0.15) is 45.6 Å². The third kappa shape index (κ3) is 4.24. The second-order valence-electron chi connectivity index (χ2n) is 6.71. The van der Waals surface area contributed by atoms with Gasteiger partial charge in [-0.05, 0) is 62.5 Å². The lowest BCUT2D eigenvalue weighted by Crippen LogP contribution is -2.30. The van der Waals surface area contributed by atoms with Gasteiger partial charge in [0.15, 0.2) is 0 Å². The molecule has 0 aliphatic rings. The number of nitrogens with one attached hydrogen (secondary N) is 1. The molecular formula is C22H28N2. The van der Waals surface area contributed by atoms with Crippen molar-refractivity contribution in [2.24, 2.45) is 0 Å². The zero-order valence-electron chi connectivity index (χ0n) is 15.1. The molecule has 0 aromatic heterocycles. The van der Waals surface area contributed by atoms with Crippen LogP contribution in [0.15, 0.2) is 54.1 Å². The first-order valence-electron chi connectivity index (χ1n) is 8.86. The topological polar surface area (TPSA) is 35.8 Å². The molecule has 0 radical (unpaired) electrons. The molecule has 1 atom stereocenters. The molecule has 0 aliphatic heterocycles. The molecule has 0 bridgehead atoms. The number of nitrogens with zero attached hydrogens (tertiary/aromatic N) is 1. The minimum Gasteiger partial charge on any atom is -0.317 e. The van der Waals surface area contributed by atoms with Crippen molar-refractivity contribution in [2.75, 3.05) is 13.1 Å². The normalized spacial score (nSPS) is 13.2. The van der Waals surface area contributed by atoms with Crippen molar-refractivity contribution in [3.8, 4) is 6.07 Å². The van der Waals surface area contributed by atoms with E-state index >= 15 is 0 Å². The first-order chi connectivity index (χ1) is 11.6. The van der Waals surface area contributed by atoms with Gasteiger partial charge in [-0.1, -0.05) is 61.0 Å². The molecule has 2 rings (SSSR count). The van der Waals surface area contributed by atoms with Gasteiger partial charge in [0, 0.05) is 0 Å². The van der Waals surface area contributed by atoms with E-state index in [1.807, 2.05) is 0 Å². The Bertz CT molecular complexity index is 730. The summed E-state index contributed by atoms with van der Waals surface area (Å²) in [5, 5.41) is 16.0. The lowest BCUT2D eigenvalue weighted by molar-refractivity contribution is 0.483. The summed E-state index contributed by atoms with van der Waals surface area (Å²) < 4.78 is 0. The highest BCUT2D eigenvalue weighted by Gasteiger charge is 2.32. The number of allylic oxidation sites excluding steroid dienone is 2. The van der Waals surface area contributed by atoms with Crippen molar-refractivity contribution in [2.45, 2.75) is 45.4 Å². The molecule has 0 saturated carbocycles. The maximum Gasteiger partial charge on any atom is 0.0874 e. The van der Waals surface area contributed by atoms with Crippen LogP contribution in [0, 0.1) is 11.3 Å². The largest absolute Gasteiger partial charge is 0.317 e. The Balaban J connectivity index is 2.46. The van der Waals surface area contributed by atoms with E-state index in [0.29, 0.717) is 0 Å². The summed E-state index contributed by atoms with van der Waals surface area (Å²) in [7, 11) is 0. The summed E-state index contributed by atoms with van der Waals surface area (Å²) in [5.74, 6) is 0. The average Bonchev–Trinajstić information content (AvgIpc) is 2.61. The van der Waals surface area contributed by atoms with Crippen LogP contribution in [0.2, 0.25) is 0 Å². The van der Waals surface area contributed by atoms with Crippen LogP contribution in [0.3, 0.4) is 0 Å². The Kier molecular flexibility index (Phi) is 6.58. The van der Waals surface area contributed by atoms with Crippen molar-refractivity contribution >= 4 is 10.8 Å². The van der Waals surface area contributed by atoms with Gasteiger partial charge in [-0.2, -0.15) is 5.26 Å². The fourth-order valence-electron chi connectivity index (χ4n) is 3.13. The maximum atomic E-state index is 10.2. The van der Waals surface area contributed by atoms with E-state index in [2.05, 4.69) is 80.7 Å². The molecule has 0 fully saturated rings. The van der Waals surface area contributed by atoms with Gasteiger partial charge < -0.3 is 5.32 Å². The molecule has 1 N–H and O–H groups in total. The van der Waals surface area contributed by atoms with Crippen LogP contribution in [-0.4, -0.2) is 13.1 Å². The average molecular weight is 320 g/mol. The second-order valence-corrected chi connectivity index (χ2v) is 6.71. The van der Waals surface area contributed by atoms with E-state index in [-0.39, 0.29) is 0 Å². The monoisotopic (exact) mass is 320 g/mol. The Morgan fingerprint density at radius 1 is 1.12 bits per heavy atom. The van der Waals surface area contributed by atoms with Crippen LogP contribution in [0.25, 0.3) is 10.8 Å². The fraction of sp³-hybridized carbons (Fsp3) is 0.409. The summed E-state index contributed by atoms with van der Waals surface area (Å²) in [6.07, 6.45) is 4.89. The van der Waals surface area contributed by atoms with E-state index in [0.717, 1.165) is 37.9 Å². The van der Waals surface area contributed by atoms with Crippen LogP contribution in [0.4, 0.5) is 0 Å². The molecule has 0 saturated heterocycles. The maximum absolute atomic E-state index is 10.2. The van der Waals surface area contributed by atoms with Crippen molar-refractivity contribution in [1.82, 2.24) is 5.32 Å². The lowest BCUT2D eigenvalue weighted by Gasteiger charge is -2.28.